The van der Waals surface area contributed by atoms with E-state index in [-0.39, 0.29) is 34.0 Å². The Morgan fingerprint density at radius 3 is 2.72 bits per heavy atom. The summed E-state index contributed by atoms with van der Waals surface area (Å²) in [6.07, 6.45) is -3.07. The van der Waals surface area contributed by atoms with Gasteiger partial charge in [-0.25, -0.2) is 4.98 Å². The molecule has 3 aromatic heterocycles. The Balaban J connectivity index is 1.75. The first-order chi connectivity index (χ1) is 13.8. The summed E-state index contributed by atoms with van der Waals surface area (Å²) in [7, 11) is 1.43. The number of pyridine rings is 1. The fourth-order valence-corrected chi connectivity index (χ4v) is 3.06. The maximum atomic E-state index is 12.9. The van der Waals surface area contributed by atoms with Crippen LogP contribution in [0.5, 0.6) is 11.6 Å². The summed E-state index contributed by atoms with van der Waals surface area (Å²) in [5, 5.41) is 12.5. The molecule has 0 aliphatic rings. The number of furan rings is 2. The largest absolute Gasteiger partial charge is 0.504 e. The van der Waals surface area contributed by atoms with Gasteiger partial charge in [0.1, 0.15) is 5.58 Å². The predicted octanol–water partition coefficient (Wildman–Crippen LogP) is 4.92. The number of nitrogens with zero attached hydrogens (tertiary/aromatic N) is 1. The summed E-state index contributed by atoms with van der Waals surface area (Å²) in [6, 6.07) is 8.73. The summed E-state index contributed by atoms with van der Waals surface area (Å²) in [6.45, 7) is 0. The van der Waals surface area contributed by atoms with Crippen LogP contribution in [0.1, 0.15) is 15.9 Å². The van der Waals surface area contributed by atoms with Crippen molar-refractivity contribution in [1.29, 1.82) is 0 Å². The molecule has 29 heavy (non-hydrogen) atoms. The van der Waals surface area contributed by atoms with Crippen molar-refractivity contribution in [1.82, 2.24) is 4.98 Å². The van der Waals surface area contributed by atoms with Gasteiger partial charge < -0.3 is 19.6 Å². The Morgan fingerprint density at radius 1 is 1.21 bits per heavy atom. The number of amides is 1. The van der Waals surface area contributed by atoms with Crippen LogP contribution < -0.4 is 10.1 Å². The van der Waals surface area contributed by atoms with Crippen molar-refractivity contribution in [3.63, 3.8) is 0 Å². The number of benzene rings is 2. The summed E-state index contributed by atoms with van der Waals surface area (Å²) < 4.78 is 49.3. The summed E-state index contributed by atoms with van der Waals surface area (Å²) in [5.74, 6) is -0.547. The molecule has 0 fully saturated rings. The second kappa shape index (κ2) is 6.69. The smallest absolute Gasteiger partial charge is 0.416 e. The summed E-state index contributed by atoms with van der Waals surface area (Å²) >= 11 is 0. The molecule has 1 aromatic carbocycles. The minimum atomic E-state index is -4.53. The number of rotatable bonds is 4. The highest BCUT2D eigenvalue weighted by atomic mass is 19.4. The number of carbonyl (C=O) groups excluding carboxylic acids is 1. The summed E-state index contributed by atoms with van der Waals surface area (Å²) in [4.78, 5) is 16.9. The Bertz CT molecular complexity index is 1200. The Kier molecular flexibility index (Phi) is 4.30. The molecule has 0 spiro atoms. The van der Waals surface area contributed by atoms with Gasteiger partial charge >= 0.3 is 6.18 Å². The average molecular weight is 402 g/mol. The first-order valence-electron chi connectivity index (χ1n) is 8.35. The number of carbonyl (C=O) groups is 1. The lowest BCUT2D eigenvalue weighted by Gasteiger charge is -2.11. The predicted molar refractivity (Wildman–Crippen MR) is 98.2 cm³/mol. The van der Waals surface area contributed by atoms with E-state index in [0.29, 0.717) is 11.1 Å². The van der Waals surface area contributed by atoms with E-state index in [2.05, 4.69) is 10.3 Å². The highest BCUT2D eigenvalue weighted by Gasteiger charge is 2.31. The molecule has 0 unspecified atom stereocenters. The normalized spacial score (nSPS) is 11.7. The lowest BCUT2D eigenvalue weighted by Crippen LogP contribution is -2.14. The fraction of sp³-hybridized carbons (Fsp3) is 0.100. The van der Waals surface area contributed by atoms with Crippen molar-refractivity contribution >= 4 is 22.8 Å². The van der Waals surface area contributed by atoms with Crippen molar-refractivity contribution < 1.29 is 32.2 Å². The number of halogens is 3. The molecule has 3 heterocycles. The van der Waals surface area contributed by atoms with Gasteiger partial charge in [0.15, 0.2) is 11.3 Å². The molecule has 0 aliphatic heterocycles. The molecule has 0 radical (unpaired) electrons. The lowest BCUT2D eigenvalue weighted by atomic mass is 9.99. The second-order valence-electron chi connectivity index (χ2n) is 6.19. The number of fused-ring (bicyclic) bond motifs is 2. The quantitative estimate of drug-likeness (QED) is 0.506. The van der Waals surface area contributed by atoms with Gasteiger partial charge in [0.25, 0.3) is 5.91 Å². The minimum Gasteiger partial charge on any atom is -0.504 e. The molecule has 0 saturated heterocycles. The average Bonchev–Trinajstić information content (AvgIpc) is 3.24. The number of anilines is 1. The molecule has 148 valence electrons. The first kappa shape index (κ1) is 18.6. The molecular formula is C20H13F3N2O4. The van der Waals surface area contributed by atoms with Crippen molar-refractivity contribution in [2.45, 2.75) is 6.18 Å². The first-order valence-corrected chi connectivity index (χ1v) is 8.35. The van der Waals surface area contributed by atoms with Gasteiger partial charge in [-0.1, -0.05) is 6.07 Å². The number of hydrogen-bond acceptors (Lipinski definition) is 5. The number of aromatic nitrogens is 1. The van der Waals surface area contributed by atoms with Crippen LogP contribution in [0.2, 0.25) is 0 Å². The van der Waals surface area contributed by atoms with Crippen molar-refractivity contribution in [2.75, 3.05) is 12.4 Å². The van der Waals surface area contributed by atoms with Gasteiger partial charge in [0.05, 0.1) is 18.2 Å². The lowest BCUT2D eigenvalue weighted by molar-refractivity contribution is -0.137. The van der Waals surface area contributed by atoms with Gasteiger partial charge in [-0.05, 0) is 29.8 Å². The van der Waals surface area contributed by atoms with Gasteiger partial charge in [0.2, 0.25) is 5.88 Å². The highest BCUT2D eigenvalue weighted by molar-refractivity contribution is 6.17. The van der Waals surface area contributed by atoms with Gasteiger partial charge in [0, 0.05) is 29.6 Å². The van der Waals surface area contributed by atoms with E-state index in [1.807, 2.05) is 0 Å². The number of aromatic hydroxyl groups is 1. The van der Waals surface area contributed by atoms with E-state index in [1.165, 1.54) is 31.5 Å². The Morgan fingerprint density at radius 2 is 2.00 bits per heavy atom. The number of nitrogens with one attached hydrogen (secondary N) is 1. The third kappa shape index (κ3) is 3.31. The molecular weight excluding hydrogens is 389 g/mol. The number of alkyl halides is 3. The third-order valence-corrected chi connectivity index (χ3v) is 4.34. The van der Waals surface area contributed by atoms with Crippen molar-refractivity contribution in [2.24, 2.45) is 0 Å². The second-order valence-corrected chi connectivity index (χ2v) is 6.19. The van der Waals surface area contributed by atoms with E-state index in [4.69, 9.17) is 9.15 Å². The summed E-state index contributed by atoms with van der Waals surface area (Å²) in [5.41, 5.74) is 0.164. The standard InChI is InChI=1S/C20H13F3N2O4/c1-28-15-7-10(5-6-24-15)16-17(14-9-13(26)18(16)29-14)19(27)25-12-4-2-3-11(8-12)20(21,22)23/h2-9,26H,1H3,(H,25,27). The van der Waals surface area contributed by atoms with Crippen molar-refractivity contribution in [3.8, 4) is 22.8 Å². The topological polar surface area (TPSA) is 84.6 Å². The number of methoxy groups -OCH3 is 1. The van der Waals surface area contributed by atoms with Gasteiger partial charge in [-0.15, -0.1) is 0 Å². The molecule has 2 bridgehead atoms. The number of hydrogen-bond donors (Lipinski definition) is 2. The Labute approximate surface area is 161 Å². The van der Waals surface area contributed by atoms with Gasteiger partial charge in [-0.2, -0.15) is 13.2 Å². The minimum absolute atomic E-state index is 0.0226. The molecule has 0 aliphatic carbocycles. The molecule has 0 atom stereocenters. The Hall–Kier alpha value is -3.75. The zero-order valence-electron chi connectivity index (χ0n) is 14.9. The van der Waals surface area contributed by atoms with Crippen molar-refractivity contribution in [3.05, 3.63) is 59.8 Å². The van der Waals surface area contributed by atoms with Crippen LogP contribution in [0.3, 0.4) is 0 Å². The van der Waals surface area contributed by atoms with Crippen LogP contribution >= 0.6 is 0 Å². The van der Waals surface area contributed by atoms with E-state index < -0.39 is 17.6 Å². The van der Waals surface area contributed by atoms with Crippen LogP contribution in [-0.4, -0.2) is 23.1 Å². The molecule has 4 rings (SSSR count). The van der Waals surface area contributed by atoms with E-state index in [0.717, 1.165) is 12.1 Å². The number of phenols is 1. The zero-order chi connectivity index (χ0) is 20.8. The SMILES string of the molecule is COc1cc(-c2c(C(=O)Nc3cccc(C(F)(F)F)c3)c3cc(O)c2o3)ccn1. The molecule has 1 amide bonds. The fourth-order valence-electron chi connectivity index (χ4n) is 3.06. The van der Waals surface area contributed by atoms with Crippen LogP contribution in [0.4, 0.5) is 18.9 Å². The highest BCUT2D eigenvalue weighted by Crippen LogP contribution is 2.43. The molecule has 2 N–H and O–H groups in total. The number of phenolic OH excluding ortho intramolecular Hbond substituents is 1. The number of ether oxygens (including phenoxy) is 1. The maximum Gasteiger partial charge on any atom is 0.416 e. The third-order valence-electron chi connectivity index (χ3n) is 4.34. The molecule has 9 heteroatoms. The van der Waals surface area contributed by atoms with E-state index in [9.17, 15) is 23.1 Å². The maximum absolute atomic E-state index is 12.9. The zero-order valence-corrected chi connectivity index (χ0v) is 14.9. The monoisotopic (exact) mass is 402 g/mol. The molecule has 6 nitrogen and oxygen atoms in total. The van der Waals surface area contributed by atoms with Crippen LogP contribution in [0.15, 0.2) is 53.1 Å². The molecule has 4 aromatic rings. The van der Waals surface area contributed by atoms with Crippen LogP contribution in [-0.2, 0) is 6.18 Å². The molecule has 0 saturated carbocycles. The van der Waals surface area contributed by atoms with Gasteiger partial charge in [-0.3, -0.25) is 4.79 Å². The van der Waals surface area contributed by atoms with Crippen LogP contribution in [0, 0.1) is 0 Å². The van der Waals surface area contributed by atoms with E-state index in [1.54, 1.807) is 12.1 Å². The van der Waals surface area contributed by atoms with E-state index >= 15 is 0 Å². The van der Waals surface area contributed by atoms with Crippen LogP contribution in [0.25, 0.3) is 22.3 Å².